The molecule has 1 amide bonds. The van der Waals surface area contributed by atoms with Gasteiger partial charge in [-0.05, 0) is 36.8 Å². The molecule has 5 nitrogen and oxygen atoms in total. The molecule has 0 radical (unpaired) electrons. The van der Waals surface area contributed by atoms with E-state index in [0.29, 0.717) is 25.9 Å². The smallest absolute Gasteiger partial charge is 0.223 e. The van der Waals surface area contributed by atoms with Gasteiger partial charge in [-0.2, -0.15) is 0 Å². The van der Waals surface area contributed by atoms with Gasteiger partial charge in [0.25, 0.3) is 0 Å². The summed E-state index contributed by atoms with van der Waals surface area (Å²) in [4.78, 5) is 12.7. The monoisotopic (exact) mass is 352 g/mol. The van der Waals surface area contributed by atoms with Crippen LogP contribution < -0.4 is 5.32 Å². The number of sulfonamides is 1. The lowest BCUT2D eigenvalue weighted by Gasteiger charge is -2.32. The first-order valence-electron chi connectivity index (χ1n) is 8.51. The fourth-order valence-corrected chi connectivity index (χ4v) is 4.13. The average Bonchev–Trinajstić information content (AvgIpc) is 2.52. The number of rotatable bonds is 5. The van der Waals surface area contributed by atoms with Crippen LogP contribution >= 0.6 is 0 Å². The molecule has 0 spiro atoms. The van der Waals surface area contributed by atoms with Gasteiger partial charge in [0.15, 0.2) is 0 Å². The molecule has 6 heteroatoms. The fourth-order valence-electron chi connectivity index (χ4n) is 3.26. The van der Waals surface area contributed by atoms with Crippen molar-refractivity contribution in [1.82, 2.24) is 9.62 Å². The minimum absolute atomic E-state index is 0.0216. The SMILES string of the molecule is Cc1ccccc1[C@@H](NC(=O)C1CCN(S(C)(=O)=O)CC1)C(C)C. The third-order valence-corrected chi connectivity index (χ3v) is 6.08. The number of aryl methyl sites for hydroxylation is 1. The minimum Gasteiger partial charge on any atom is -0.349 e. The Morgan fingerprint density at radius 1 is 1.21 bits per heavy atom. The maximum atomic E-state index is 12.7. The highest BCUT2D eigenvalue weighted by atomic mass is 32.2. The highest BCUT2D eigenvalue weighted by molar-refractivity contribution is 7.88. The molecule has 0 aromatic heterocycles. The molecule has 1 aromatic rings. The Morgan fingerprint density at radius 3 is 2.29 bits per heavy atom. The van der Waals surface area contributed by atoms with Crippen LogP contribution in [0.15, 0.2) is 24.3 Å². The van der Waals surface area contributed by atoms with Crippen molar-refractivity contribution in [3.05, 3.63) is 35.4 Å². The van der Waals surface area contributed by atoms with Crippen LogP contribution in [-0.2, 0) is 14.8 Å². The topological polar surface area (TPSA) is 66.5 Å². The van der Waals surface area contributed by atoms with Crippen LogP contribution in [0, 0.1) is 18.8 Å². The Morgan fingerprint density at radius 2 is 1.79 bits per heavy atom. The second-order valence-corrected chi connectivity index (χ2v) is 9.01. The molecular weight excluding hydrogens is 324 g/mol. The zero-order chi connectivity index (χ0) is 17.9. The number of piperidine rings is 1. The summed E-state index contributed by atoms with van der Waals surface area (Å²) in [5, 5.41) is 3.19. The van der Waals surface area contributed by atoms with Gasteiger partial charge >= 0.3 is 0 Å². The summed E-state index contributed by atoms with van der Waals surface area (Å²) in [6.07, 6.45) is 2.38. The van der Waals surface area contributed by atoms with E-state index in [0.717, 1.165) is 5.56 Å². The molecule has 1 aliphatic heterocycles. The molecule has 1 aliphatic rings. The minimum atomic E-state index is -3.16. The number of nitrogens with one attached hydrogen (secondary N) is 1. The average molecular weight is 353 g/mol. The van der Waals surface area contributed by atoms with Crippen molar-refractivity contribution in [1.29, 1.82) is 0 Å². The van der Waals surface area contributed by atoms with E-state index in [1.165, 1.54) is 16.1 Å². The number of carbonyl (C=O) groups is 1. The van der Waals surface area contributed by atoms with Gasteiger partial charge in [-0.1, -0.05) is 38.1 Å². The van der Waals surface area contributed by atoms with E-state index in [-0.39, 0.29) is 23.8 Å². The fraction of sp³-hybridized carbons (Fsp3) is 0.611. The first kappa shape index (κ1) is 18.9. The predicted octanol–water partition coefficient (Wildman–Crippen LogP) is 2.48. The molecule has 0 bridgehead atoms. The van der Waals surface area contributed by atoms with Gasteiger partial charge in [0.2, 0.25) is 15.9 Å². The van der Waals surface area contributed by atoms with Crippen LogP contribution in [-0.4, -0.2) is 38.0 Å². The van der Waals surface area contributed by atoms with Gasteiger partial charge in [-0.15, -0.1) is 0 Å². The molecule has 1 aromatic carbocycles. The summed E-state index contributed by atoms with van der Waals surface area (Å²) < 4.78 is 24.6. The maximum Gasteiger partial charge on any atom is 0.223 e. The van der Waals surface area contributed by atoms with Crippen LogP contribution in [0.2, 0.25) is 0 Å². The highest BCUT2D eigenvalue weighted by Crippen LogP contribution is 2.26. The summed E-state index contributed by atoms with van der Waals surface area (Å²) in [5.74, 6) is 0.199. The van der Waals surface area contributed by atoms with E-state index < -0.39 is 10.0 Å². The van der Waals surface area contributed by atoms with E-state index >= 15 is 0 Å². The van der Waals surface area contributed by atoms with E-state index in [9.17, 15) is 13.2 Å². The number of nitrogens with zero attached hydrogens (tertiary/aromatic N) is 1. The first-order valence-corrected chi connectivity index (χ1v) is 10.4. The lowest BCUT2D eigenvalue weighted by molar-refractivity contribution is -0.127. The van der Waals surface area contributed by atoms with Crippen molar-refractivity contribution >= 4 is 15.9 Å². The summed E-state index contributed by atoms with van der Waals surface area (Å²) >= 11 is 0. The van der Waals surface area contributed by atoms with E-state index in [4.69, 9.17) is 0 Å². The standard InChI is InChI=1S/C18H28N2O3S/c1-13(2)17(16-8-6-5-7-14(16)3)19-18(21)15-9-11-20(12-10-15)24(4,22)23/h5-8,13,15,17H,9-12H2,1-4H3,(H,19,21)/t17-/m0/s1. The maximum absolute atomic E-state index is 12.7. The first-order chi connectivity index (χ1) is 11.2. The third kappa shape index (κ3) is 4.57. The predicted molar refractivity (Wildman–Crippen MR) is 96.0 cm³/mol. The summed E-state index contributed by atoms with van der Waals surface area (Å²) in [7, 11) is -3.16. The molecule has 0 unspecified atom stereocenters. The number of benzene rings is 1. The van der Waals surface area contributed by atoms with Gasteiger partial charge in [-0.3, -0.25) is 4.79 Å². The lowest BCUT2D eigenvalue weighted by Crippen LogP contribution is -2.44. The van der Waals surface area contributed by atoms with Crippen molar-refractivity contribution in [2.24, 2.45) is 11.8 Å². The molecule has 0 saturated carbocycles. The van der Waals surface area contributed by atoms with Crippen LogP contribution in [0.3, 0.4) is 0 Å². The quantitative estimate of drug-likeness (QED) is 0.885. The van der Waals surface area contributed by atoms with Crippen LogP contribution in [0.5, 0.6) is 0 Å². The van der Waals surface area contributed by atoms with Crippen LogP contribution in [0.4, 0.5) is 0 Å². The van der Waals surface area contributed by atoms with Gasteiger partial charge in [0.1, 0.15) is 0 Å². The molecule has 1 N–H and O–H groups in total. The van der Waals surface area contributed by atoms with Crippen molar-refractivity contribution in [2.45, 2.75) is 39.7 Å². The van der Waals surface area contributed by atoms with E-state index in [1.54, 1.807) is 0 Å². The van der Waals surface area contributed by atoms with E-state index in [1.807, 2.05) is 12.1 Å². The van der Waals surface area contributed by atoms with Crippen molar-refractivity contribution in [3.8, 4) is 0 Å². The van der Waals surface area contributed by atoms with Crippen molar-refractivity contribution < 1.29 is 13.2 Å². The van der Waals surface area contributed by atoms with Crippen molar-refractivity contribution in [3.63, 3.8) is 0 Å². The van der Waals surface area contributed by atoms with Gasteiger partial charge < -0.3 is 5.32 Å². The largest absolute Gasteiger partial charge is 0.349 e. The van der Waals surface area contributed by atoms with Gasteiger partial charge in [0.05, 0.1) is 12.3 Å². The van der Waals surface area contributed by atoms with Gasteiger partial charge in [0, 0.05) is 19.0 Å². The molecule has 24 heavy (non-hydrogen) atoms. The van der Waals surface area contributed by atoms with Crippen molar-refractivity contribution in [2.75, 3.05) is 19.3 Å². The zero-order valence-corrected chi connectivity index (χ0v) is 15.8. The number of amides is 1. The molecule has 1 saturated heterocycles. The summed E-state index contributed by atoms with van der Waals surface area (Å²) in [5.41, 5.74) is 2.32. The third-order valence-electron chi connectivity index (χ3n) is 4.78. The zero-order valence-electron chi connectivity index (χ0n) is 15.0. The Labute approximate surface area is 145 Å². The second-order valence-electron chi connectivity index (χ2n) is 7.02. The molecule has 134 valence electrons. The Bertz CT molecular complexity index is 677. The molecule has 2 rings (SSSR count). The molecular formula is C18H28N2O3S. The van der Waals surface area contributed by atoms with Crippen LogP contribution in [0.1, 0.15) is 43.9 Å². The molecule has 1 fully saturated rings. The Kier molecular flexibility index (Phi) is 6.04. The summed E-state index contributed by atoms with van der Waals surface area (Å²) in [6, 6.07) is 8.09. The van der Waals surface area contributed by atoms with E-state index in [2.05, 4.69) is 38.2 Å². The number of carbonyl (C=O) groups excluding carboxylic acids is 1. The normalized spacial score (nSPS) is 18.5. The highest BCUT2D eigenvalue weighted by Gasteiger charge is 2.30. The summed E-state index contributed by atoms with van der Waals surface area (Å²) in [6.45, 7) is 7.11. The molecule has 0 aliphatic carbocycles. The van der Waals surface area contributed by atoms with Crippen LogP contribution in [0.25, 0.3) is 0 Å². The Hall–Kier alpha value is -1.40. The number of hydrogen-bond donors (Lipinski definition) is 1. The molecule has 1 atom stereocenters. The lowest BCUT2D eigenvalue weighted by atomic mass is 9.90. The number of hydrogen-bond acceptors (Lipinski definition) is 3. The Balaban J connectivity index is 2.04. The molecule has 1 heterocycles. The van der Waals surface area contributed by atoms with Gasteiger partial charge in [-0.25, -0.2) is 12.7 Å². The second kappa shape index (κ2) is 7.66.